The summed E-state index contributed by atoms with van der Waals surface area (Å²) in [7, 11) is 0. The number of piperidine rings is 1. The molecule has 0 aromatic carbocycles. The maximum Gasteiger partial charge on any atom is 0.253 e. The average Bonchev–Trinajstić information content (AvgIpc) is 2.40. The Morgan fingerprint density at radius 3 is 3.18 bits per heavy atom. The van der Waals surface area contributed by atoms with Gasteiger partial charge in [-0.1, -0.05) is 0 Å². The summed E-state index contributed by atoms with van der Waals surface area (Å²) in [5.74, 6) is -0.182. The van der Waals surface area contributed by atoms with Crippen LogP contribution in [-0.2, 0) is 4.79 Å². The maximum absolute atomic E-state index is 11.9. The van der Waals surface area contributed by atoms with Gasteiger partial charge in [-0.25, -0.2) is 0 Å². The predicted molar refractivity (Wildman–Crippen MR) is 62.6 cm³/mol. The normalized spacial score (nSPS) is 24.0. The van der Waals surface area contributed by atoms with Gasteiger partial charge >= 0.3 is 0 Å². The van der Waals surface area contributed by atoms with Gasteiger partial charge in [0.1, 0.15) is 6.29 Å². The number of carbonyl (C=O) groups is 2. The minimum Gasteiger partial charge on any atom is -0.347 e. The molecule has 0 spiro atoms. The topological polar surface area (TPSA) is 71.1 Å². The van der Waals surface area contributed by atoms with Crippen LogP contribution in [0.15, 0.2) is 24.5 Å². The highest BCUT2D eigenvalue weighted by atomic mass is 16.2. The van der Waals surface area contributed by atoms with Crippen molar-refractivity contribution in [1.82, 2.24) is 15.6 Å². The van der Waals surface area contributed by atoms with E-state index in [0.29, 0.717) is 5.56 Å². The van der Waals surface area contributed by atoms with E-state index in [1.54, 1.807) is 18.3 Å². The summed E-state index contributed by atoms with van der Waals surface area (Å²) in [4.78, 5) is 26.6. The first-order chi connectivity index (χ1) is 8.31. The molecule has 0 bridgehead atoms. The van der Waals surface area contributed by atoms with Gasteiger partial charge in [0.15, 0.2) is 0 Å². The van der Waals surface area contributed by atoms with E-state index in [2.05, 4.69) is 15.6 Å². The van der Waals surface area contributed by atoms with Crippen LogP contribution in [0.5, 0.6) is 0 Å². The Bertz CT molecular complexity index is 394. The van der Waals surface area contributed by atoms with Crippen LogP contribution in [0.3, 0.4) is 0 Å². The number of rotatable bonds is 3. The highest BCUT2D eigenvalue weighted by Gasteiger charge is 2.25. The minimum atomic E-state index is -0.288. The van der Waals surface area contributed by atoms with E-state index >= 15 is 0 Å². The van der Waals surface area contributed by atoms with Crippen molar-refractivity contribution < 1.29 is 9.59 Å². The number of aromatic nitrogens is 1. The molecule has 1 saturated heterocycles. The third kappa shape index (κ3) is 2.88. The first-order valence-corrected chi connectivity index (χ1v) is 5.71. The molecule has 17 heavy (non-hydrogen) atoms. The molecule has 90 valence electrons. The summed E-state index contributed by atoms with van der Waals surface area (Å²) in [6.07, 6.45) is 5.77. The zero-order valence-corrected chi connectivity index (χ0v) is 9.43. The van der Waals surface area contributed by atoms with Crippen LogP contribution in [0.1, 0.15) is 23.2 Å². The van der Waals surface area contributed by atoms with Crippen LogP contribution >= 0.6 is 0 Å². The number of hydrogen-bond acceptors (Lipinski definition) is 4. The Kier molecular flexibility index (Phi) is 3.82. The third-order valence-corrected chi connectivity index (χ3v) is 2.89. The van der Waals surface area contributed by atoms with Crippen molar-refractivity contribution >= 4 is 12.2 Å². The molecule has 1 fully saturated rings. The van der Waals surface area contributed by atoms with Gasteiger partial charge in [-0.2, -0.15) is 0 Å². The van der Waals surface area contributed by atoms with Crippen LogP contribution in [0.2, 0.25) is 0 Å². The second-order valence-electron chi connectivity index (χ2n) is 4.08. The van der Waals surface area contributed by atoms with Crippen LogP contribution in [0, 0.1) is 0 Å². The van der Waals surface area contributed by atoms with E-state index in [4.69, 9.17) is 0 Å². The van der Waals surface area contributed by atoms with Crippen LogP contribution in [-0.4, -0.2) is 35.8 Å². The number of carbonyl (C=O) groups excluding carboxylic acids is 2. The standard InChI is InChI=1S/C12H15N3O2/c16-8-11-10(4-2-6-14-11)15-12(17)9-3-1-5-13-7-9/h1,3,5,7-8,10-11,14H,2,4,6H2,(H,15,17). The van der Waals surface area contributed by atoms with Crippen molar-refractivity contribution in [3.05, 3.63) is 30.1 Å². The Balaban J connectivity index is 2.00. The molecule has 1 aromatic rings. The van der Waals surface area contributed by atoms with Gasteiger partial charge in [-0.05, 0) is 31.5 Å². The molecule has 1 amide bonds. The van der Waals surface area contributed by atoms with E-state index < -0.39 is 0 Å². The zero-order chi connectivity index (χ0) is 12.1. The number of nitrogens with one attached hydrogen (secondary N) is 2. The van der Waals surface area contributed by atoms with Gasteiger partial charge in [0.2, 0.25) is 0 Å². The van der Waals surface area contributed by atoms with Crippen LogP contribution in [0.4, 0.5) is 0 Å². The molecule has 2 rings (SSSR count). The number of nitrogens with zero attached hydrogens (tertiary/aromatic N) is 1. The molecular weight excluding hydrogens is 218 g/mol. The summed E-state index contributed by atoms with van der Waals surface area (Å²) >= 11 is 0. The van der Waals surface area contributed by atoms with Gasteiger partial charge in [0, 0.05) is 12.4 Å². The Morgan fingerprint density at radius 2 is 2.47 bits per heavy atom. The van der Waals surface area contributed by atoms with Crippen molar-refractivity contribution in [1.29, 1.82) is 0 Å². The summed E-state index contributed by atoms with van der Waals surface area (Å²) < 4.78 is 0. The largest absolute Gasteiger partial charge is 0.347 e. The maximum atomic E-state index is 11.9. The van der Waals surface area contributed by atoms with E-state index in [0.717, 1.165) is 25.7 Å². The van der Waals surface area contributed by atoms with Crippen molar-refractivity contribution in [2.75, 3.05) is 6.54 Å². The van der Waals surface area contributed by atoms with Gasteiger partial charge in [-0.15, -0.1) is 0 Å². The van der Waals surface area contributed by atoms with E-state index in [1.807, 2.05) is 0 Å². The molecular formula is C12H15N3O2. The molecule has 0 saturated carbocycles. The van der Waals surface area contributed by atoms with Crippen molar-refractivity contribution in [2.45, 2.75) is 24.9 Å². The molecule has 1 aliphatic heterocycles. The summed E-state index contributed by atoms with van der Waals surface area (Å²) in [6, 6.07) is 3.00. The van der Waals surface area contributed by atoms with Gasteiger partial charge in [-0.3, -0.25) is 9.78 Å². The lowest BCUT2D eigenvalue weighted by atomic mass is 9.99. The molecule has 2 unspecified atom stereocenters. The minimum absolute atomic E-state index is 0.131. The quantitative estimate of drug-likeness (QED) is 0.728. The number of amides is 1. The fourth-order valence-electron chi connectivity index (χ4n) is 1.97. The fourth-order valence-corrected chi connectivity index (χ4v) is 1.97. The molecule has 0 radical (unpaired) electrons. The van der Waals surface area contributed by atoms with E-state index in [1.165, 1.54) is 6.20 Å². The van der Waals surface area contributed by atoms with E-state index in [9.17, 15) is 9.59 Å². The van der Waals surface area contributed by atoms with Crippen molar-refractivity contribution in [2.24, 2.45) is 0 Å². The monoisotopic (exact) mass is 233 g/mol. The molecule has 1 aromatic heterocycles. The Morgan fingerprint density at radius 1 is 1.59 bits per heavy atom. The molecule has 5 nitrogen and oxygen atoms in total. The van der Waals surface area contributed by atoms with Gasteiger partial charge < -0.3 is 15.4 Å². The molecule has 2 N–H and O–H groups in total. The summed E-state index contributed by atoms with van der Waals surface area (Å²) in [5, 5.41) is 5.94. The second kappa shape index (κ2) is 5.54. The highest BCUT2D eigenvalue weighted by Crippen LogP contribution is 2.08. The lowest BCUT2D eigenvalue weighted by molar-refractivity contribution is -0.110. The summed E-state index contributed by atoms with van der Waals surface area (Å²) in [5.41, 5.74) is 0.516. The number of hydrogen-bond donors (Lipinski definition) is 2. The Hall–Kier alpha value is -1.75. The van der Waals surface area contributed by atoms with E-state index in [-0.39, 0.29) is 18.0 Å². The number of aldehydes is 1. The molecule has 2 atom stereocenters. The first kappa shape index (κ1) is 11.7. The smallest absolute Gasteiger partial charge is 0.253 e. The van der Waals surface area contributed by atoms with Crippen LogP contribution < -0.4 is 10.6 Å². The highest BCUT2D eigenvalue weighted by molar-refractivity contribution is 5.94. The first-order valence-electron chi connectivity index (χ1n) is 5.71. The zero-order valence-electron chi connectivity index (χ0n) is 9.43. The second-order valence-corrected chi connectivity index (χ2v) is 4.08. The van der Waals surface area contributed by atoms with Gasteiger partial charge in [0.05, 0.1) is 17.6 Å². The SMILES string of the molecule is O=CC1NCCCC1NC(=O)c1cccnc1. The lowest BCUT2D eigenvalue weighted by Gasteiger charge is -2.29. The molecule has 2 heterocycles. The third-order valence-electron chi connectivity index (χ3n) is 2.89. The van der Waals surface area contributed by atoms with Crippen molar-refractivity contribution in [3.63, 3.8) is 0 Å². The number of pyridine rings is 1. The average molecular weight is 233 g/mol. The van der Waals surface area contributed by atoms with Gasteiger partial charge in [0.25, 0.3) is 5.91 Å². The molecule has 0 aliphatic carbocycles. The molecule has 5 heteroatoms. The summed E-state index contributed by atoms with van der Waals surface area (Å²) in [6.45, 7) is 0.822. The fraction of sp³-hybridized carbons (Fsp3) is 0.417. The lowest BCUT2D eigenvalue weighted by Crippen LogP contribution is -2.54. The Labute approximate surface area is 99.6 Å². The van der Waals surface area contributed by atoms with Crippen molar-refractivity contribution in [3.8, 4) is 0 Å². The molecule has 1 aliphatic rings. The van der Waals surface area contributed by atoms with Crippen LogP contribution in [0.25, 0.3) is 0 Å². The predicted octanol–water partition coefficient (Wildman–Crippen LogP) is 0.131.